The van der Waals surface area contributed by atoms with E-state index in [0.29, 0.717) is 18.3 Å². The minimum atomic E-state index is -0.831. The SMILES string of the molecule is CCCCC(CC)CC(CC(CC)CCCC)(c1ccccc1)[C@H](NC(=O)[C@H](CC(C)C)NC(=O)OCc1ccccc1)C(C)=O. The molecule has 0 heterocycles. The molecule has 2 rings (SSSR count). The number of Topliss-reactive ketones (excluding diaryl/α,β-unsaturated/α-hetero) is 1. The highest BCUT2D eigenvalue weighted by Crippen LogP contribution is 2.44. The van der Waals surface area contributed by atoms with Crippen molar-refractivity contribution in [2.75, 3.05) is 0 Å². The van der Waals surface area contributed by atoms with Crippen LogP contribution >= 0.6 is 0 Å². The lowest BCUT2D eigenvalue weighted by Crippen LogP contribution is -2.59. The van der Waals surface area contributed by atoms with Gasteiger partial charge in [0.1, 0.15) is 12.6 Å². The van der Waals surface area contributed by atoms with E-state index in [2.05, 4.69) is 62.6 Å². The van der Waals surface area contributed by atoms with Crippen LogP contribution in [0.1, 0.15) is 130 Å². The average molecular weight is 635 g/mol. The van der Waals surface area contributed by atoms with E-state index < -0.39 is 23.6 Å². The predicted molar refractivity (Wildman–Crippen MR) is 190 cm³/mol. The molecule has 6 heteroatoms. The van der Waals surface area contributed by atoms with Gasteiger partial charge in [0, 0.05) is 5.41 Å². The molecule has 6 nitrogen and oxygen atoms in total. The van der Waals surface area contributed by atoms with Crippen LogP contribution in [-0.4, -0.2) is 29.9 Å². The number of unbranched alkanes of at least 4 members (excludes halogenated alkanes) is 2. The third-order valence-corrected chi connectivity index (χ3v) is 9.52. The lowest BCUT2D eigenvalue weighted by atomic mass is 9.61. The van der Waals surface area contributed by atoms with Crippen LogP contribution in [0, 0.1) is 17.8 Å². The largest absolute Gasteiger partial charge is 0.445 e. The van der Waals surface area contributed by atoms with Crippen molar-refractivity contribution in [3.63, 3.8) is 0 Å². The second-order valence-corrected chi connectivity index (χ2v) is 13.7. The van der Waals surface area contributed by atoms with Crippen LogP contribution in [-0.2, 0) is 26.3 Å². The first-order chi connectivity index (χ1) is 22.1. The molecule has 46 heavy (non-hydrogen) atoms. The molecular formula is C40H62N2O4. The van der Waals surface area contributed by atoms with E-state index in [1.165, 1.54) is 0 Å². The summed E-state index contributed by atoms with van der Waals surface area (Å²) >= 11 is 0. The minimum Gasteiger partial charge on any atom is -0.445 e. The Labute approximate surface area is 279 Å². The molecule has 0 aliphatic heterocycles. The Morgan fingerprint density at radius 3 is 1.74 bits per heavy atom. The minimum absolute atomic E-state index is 0.0529. The van der Waals surface area contributed by atoms with Gasteiger partial charge in [-0.25, -0.2) is 4.79 Å². The molecule has 2 amide bonds. The van der Waals surface area contributed by atoms with E-state index in [9.17, 15) is 14.4 Å². The smallest absolute Gasteiger partial charge is 0.408 e. The first-order valence-corrected chi connectivity index (χ1v) is 17.9. The van der Waals surface area contributed by atoms with Crippen LogP contribution in [0.5, 0.6) is 0 Å². The van der Waals surface area contributed by atoms with E-state index >= 15 is 0 Å². The van der Waals surface area contributed by atoms with Crippen LogP contribution in [0.15, 0.2) is 60.7 Å². The number of nitrogens with one attached hydrogen (secondary N) is 2. The van der Waals surface area contributed by atoms with Gasteiger partial charge in [0.05, 0.1) is 6.04 Å². The maximum Gasteiger partial charge on any atom is 0.408 e. The second-order valence-electron chi connectivity index (χ2n) is 13.7. The van der Waals surface area contributed by atoms with E-state index in [1.807, 2.05) is 50.2 Å². The molecule has 0 bridgehead atoms. The van der Waals surface area contributed by atoms with Crippen molar-refractivity contribution in [1.82, 2.24) is 10.6 Å². The van der Waals surface area contributed by atoms with Gasteiger partial charge in [0.2, 0.25) is 5.91 Å². The molecule has 2 aromatic carbocycles. The topological polar surface area (TPSA) is 84.5 Å². The van der Waals surface area contributed by atoms with Gasteiger partial charge < -0.3 is 15.4 Å². The van der Waals surface area contributed by atoms with Gasteiger partial charge in [-0.1, -0.05) is 154 Å². The number of amides is 2. The second kappa shape index (κ2) is 20.9. The highest BCUT2D eigenvalue weighted by atomic mass is 16.5. The molecule has 0 radical (unpaired) electrons. The fourth-order valence-electron chi connectivity index (χ4n) is 6.89. The predicted octanol–water partition coefficient (Wildman–Crippen LogP) is 9.55. The van der Waals surface area contributed by atoms with Gasteiger partial charge in [0.25, 0.3) is 0 Å². The van der Waals surface area contributed by atoms with Gasteiger partial charge in [-0.15, -0.1) is 0 Å². The summed E-state index contributed by atoms with van der Waals surface area (Å²) in [6.07, 6.45) is 10.2. The maximum atomic E-state index is 14.2. The molecule has 2 aromatic rings. The normalized spacial score (nSPS) is 15.3. The zero-order valence-corrected chi connectivity index (χ0v) is 29.8. The van der Waals surface area contributed by atoms with Crippen LogP contribution in [0.2, 0.25) is 0 Å². The number of alkyl carbamates (subject to hydrolysis) is 1. The monoisotopic (exact) mass is 634 g/mol. The number of carbonyl (C=O) groups is 3. The van der Waals surface area contributed by atoms with Crippen molar-refractivity contribution >= 4 is 17.8 Å². The number of ether oxygens (including phenoxy) is 1. The van der Waals surface area contributed by atoms with Crippen LogP contribution in [0.4, 0.5) is 4.79 Å². The fourth-order valence-corrected chi connectivity index (χ4v) is 6.89. The van der Waals surface area contributed by atoms with Gasteiger partial charge in [-0.3, -0.25) is 9.59 Å². The van der Waals surface area contributed by atoms with E-state index in [0.717, 1.165) is 75.3 Å². The first-order valence-electron chi connectivity index (χ1n) is 17.9. The third kappa shape index (κ3) is 12.6. The summed E-state index contributed by atoms with van der Waals surface area (Å²) in [5.41, 5.74) is 1.40. The van der Waals surface area contributed by atoms with Gasteiger partial charge in [-0.05, 0) is 55.1 Å². The first kappa shape index (κ1) is 39.0. The standard InChI is InChI=1S/C40H62N2O4/c1-8-12-20-32(10-3)27-40(35-24-18-15-19-25-35,28-33(11-4)21-13-9-2)37(31(7)43)42-38(44)36(26-30(5)6)41-39(45)46-29-34-22-16-14-17-23-34/h14-19,22-25,30,32-33,36-37H,8-13,20-21,26-29H2,1-7H3,(H,41,45)(H,42,44)/t32?,33?,36-,37+,40?/m0/s1. The van der Waals surface area contributed by atoms with E-state index in [1.54, 1.807) is 6.92 Å². The molecule has 0 saturated heterocycles. The lowest BCUT2D eigenvalue weighted by Gasteiger charge is -2.45. The lowest BCUT2D eigenvalue weighted by molar-refractivity contribution is -0.130. The highest BCUT2D eigenvalue weighted by Gasteiger charge is 2.46. The number of hydrogen-bond acceptors (Lipinski definition) is 4. The maximum absolute atomic E-state index is 14.2. The summed E-state index contributed by atoms with van der Waals surface area (Å²) in [7, 11) is 0. The number of hydrogen-bond donors (Lipinski definition) is 2. The highest BCUT2D eigenvalue weighted by molar-refractivity contribution is 5.92. The molecule has 2 N–H and O–H groups in total. The number of benzene rings is 2. The van der Waals surface area contributed by atoms with Gasteiger partial charge >= 0.3 is 6.09 Å². The molecule has 0 saturated carbocycles. The summed E-state index contributed by atoms with van der Waals surface area (Å²) in [5, 5.41) is 6.08. The summed E-state index contributed by atoms with van der Waals surface area (Å²) in [6.45, 7) is 14.7. The van der Waals surface area contributed by atoms with Gasteiger partial charge in [0.15, 0.2) is 5.78 Å². The zero-order valence-electron chi connectivity index (χ0n) is 29.8. The molecule has 0 spiro atoms. The Balaban J connectivity index is 2.53. The zero-order chi connectivity index (χ0) is 34.0. The quantitative estimate of drug-likeness (QED) is 0.135. The Morgan fingerprint density at radius 1 is 0.761 bits per heavy atom. The molecule has 0 aromatic heterocycles. The molecular weight excluding hydrogens is 572 g/mol. The molecule has 0 aliphatic carbocycles. The van der Waals surface area contributed by atoms with Crippen LogP contribution in [0.3, 0.4) is 0 Å². The Kier molecular flexibility index (Phi) is 17.7. The van der Waals surface area contributed by atoms with Crippen molar-refractivity contribution in [1.29, 1.82) is 0 Å². The van der Waals surface area contributed by atoms with Crippen molar-refractivity contribution < 1.29 is 19.1 Å². The average Bonchev–Trinajstić information content (AvgIpc) is 3.06. The molecule has 4 atom stereocenters. The fraction of sp³-hybridized carbons (Fsp3) is 0.625. The number of carbonyl (C=O) groups excluding carboxylic acids is 3. The Bertz CT molecular complexity index is 1130. The van der Waals surface area contributed by atoms with Crippen molar-refractivity contribution in [2.24, 2.45) is 17.8 Å². The Morgan fingerprint density at radius 2 is 1.28 bits per heavy atom. The van der Waals surface area contributed by atoms with Crippen molar-refractivity contribution in [2.45, 2.75) is 143 Å². The molecule has 0 fully saturated rings. The number of ketones is 1. The van der Waals surface area contributed by atoms with Gasteiger partial charge in [-0.2, -0.15) is 0 Å². The molecule has 0 aliphatic rings. The summed E-state index contributed by atoms with van der Waals surface area (Å²) < 4.78 is 5.49. The summed E-state index contributed by atoms with van der Waals surface area (Å²) in [5.74, 6) is 0.578. The van der Waals surface area contributed by atoms with E-state index in [-0.39, 0.29) is 24.2 Å². The molecule has 256 valence electrons. The van der Waals surface area contributed by atoms with Crippen LogP contribution in [0.25, 0.3) is 0 Å². The van der Waals surface area contributed by atoms with Crippen molar-refractivity contribution in [3.05, 3.63) is 71.8 Å². The third-order valence-electron chi connectivity index (χ3n) is 9.52. The summed E-state index contributed by atoms with van der Waals surface area (Å²) in [4.78, 5) is 41.0. The van der Waals surface area contributed by atoms with E-state index in [4.69, 9.17) is 4.74 Å². The number of rotatable bonds is 22. The molecule has 2 unspecified atom stereocenters. The van der Waals surface area contributed by atoms with Crippen LogP contribution < -0.4 is 10.6 Å². The van der Waals surface area contributed by atoms with Crippen molar-refractivity contribution in [3.8, 4) is 0 Å². The summed E-state index contributed by atoms with van der Waals surface area (Å²) in [6, 6.07) is 18.3. The Hall–Kier alpha value is -3.15.